The number of carbonyl (C=O) groups excluding carboxylic acids is 1. The van der Waals surface area contributed by atoms with Crippen molar-refractivity contribution in [3.8, 4) is 5.75 Å². The Morgan fingerprint density at radius 3 is 2.42 bits per heavy atom. The molecule has 6 nitrogen and oxygen atoms in total. The number of aliphatic hydroxyl groups excluding tert-OH is 1. The fourth-order valence-corrected chi connectivity index (χ4v) is 3.63. The van der Waals surface area contributed by atoms with E-state index >= 15 is 0 Å². The molecule has 1 unspecified atom stereocenters. The molecule has 1 amide bonds. The van der Waals surface area contributed by atoms with Crippen molar-refractivity contribution in [3.05, 3.63) is 71.3 Å². The topological polar surface area (TPSA) is 82.0 Å². The van der Waals surface area contributed by atoms with Gasteiger partial charge in [-0.3, -0.25) is 14.9 Å². The van der Waals surface area contributed by atoms with Crippen LogP contribution in [0, 0.1) is 0 Å². The van der Waals surface area contributed by atoms with Crippen molar-refractivity contribution in [1.29, 1.82) is 0 Å². The number of amides is 1. The number of carbonyl (C=O) groups is 1. The number of aliphatic hydroxyl groups is 1. The van der Waals surface area contributed by atoms with Gasteiger partial charge in [-0.15, -0.1) is 0 Å². The second kappa shape index (κ2) is 13.6. The van der Waals surface area contributed by atoms with Gasteiger partial charge in [-0.2, -0.15) is 0 Å². The predicted molar refractivity (Wildman–Crippen MR) is 123 cm³/mol. The molecule has 0 bridgehead atoms. The van der Waals surface area contributed by atoms with Gasteiger partial charge in [0.15, 0.2) is 0 Å². The van der Waals surface area contributed by atoms with Crippen LogP contribution in [0.2, 0.25) is 0 Å². The normalized spacial score (nSPS) is 12.3. The minimum Gasteiger partial charge on any atom is -0.497 e. The zero-order valence-corrected chi connectivity index (χ0v) is 18.5. The summed E-state index contributed by atoms with van der Waals surface area (Å²) in [6, 6.07) is 16.6. The fourth-order valence-electron chi connectivity index (χ4n) is 3.63. The van der Waals surface area contributed by atoms with E-state index in [9.17, 15) is 9.90 Å². The first-order valence-corrected chi connectivity index (χ1v) is 10.8. The number of nitrogens with zero attached hydrogens (tertiary/aromatic N) is 1. The van der Waals surface area contributed by atoms with Crippen molar-refractivity contribution in [2.24, 2.45) is 0 Å². The van der Waals surface area contributed by atoms with Gasteiger partial charge in [-0.1, -0.05) is 49.7 Å². The quantitative estimate of drug-likeness (QED) is 0.256. The highest BCUT2D eigenvalue weighted by molar-refractivity contribution is 5.90. The maximum Gasteiger partial charge on any atom is 0.267 e. The minimum absolute atomic E-state index is 0.175. The molecule has 1 atom stereocenters. The molecule has 0 radical (unpaired) electrons. The van der Waals surface area contributed by atoms with Gasteiger partial charge < -0.3 is 9.84 Å². The average Bonchev–Trinajstić information content (AvgIpc) is 2.82. The Kier molecular flexibility index (Phi) is 10.8. The van der Waals surface area contributed by atoms with E-state index in [4.69, 9.17) is 9.94 Å². The number of methoxy groups -OCH3 is 1. The summed E-state index contributed by atoms with van der Waals surface area (Å²) in [7, 11) is 1.67. The predicted octanol–water partition coefficient (Wildman–Crippen LogP) is 3.98. The van der Waals surface area contributed by atoms with Crippen molar-refractivity contribution in [3.63, 3.8) is 0 Å². The zero-order chi connectivity index (χ0) is 22.5. The number of hydrogen-bond acceptors (Lipinski definition) is 5. The zero-order valence-electron chi connectivity index (χ0n) is 18.5. The third-order valence-corrected chi connectivity index (χ3v) is 5.31. The molecule has 0 fully saturated rings. The first kappa shape index (κ1) is 24.6. The number of hydrogen-bond donors (Lipinski definition) is 3. The molecule has 3 N–H and O–H groups in total. The monoisotopic (exact) mass is 426 g/mol. The van der Waals surface area contributed by atoms with Crippen LogP contribution < -0.4 is 10.2 Å². The van der Waals surface area contributed by atoms with Gasteiger partial charge in [-0.05, 0) is 54.2 Å². The van der Waals surface area contributed by atoms with Gasteiger partial charge in [0, 0.05) is 31.8 Å². The highest BCUT2D eigenvalue weighted by Gasteiger charge is 2.19. The van der Waals surface area contributed by atoms with Crippen LogP contribution in [-0.2, 0) is 11.2 Å². The molecule has 0 saturated heterocycles. The van der Waals surface area contributed by atoms with E-state index in [-0.39, 0.29) is 12.6 Å². The third-order valence-electron chi connectivity index (χ3n) is 5.31. The van der Waals surface area contributed by atoms with Crippen LogP contribution in [0.3, 0.4) is 0 Å². The summed E-state index contributed by atoms with van der Waals surface area (Å²) in [5.41, 5.74) is 4.96. The van der Waals surface area contributed by atoms with Gasteiger partial charge in [0.05, 0.1) is 7.11 Å². The van der Waals surface area contributed by atoms with E-state index in [2.05, 4.69) is 36.1 Å². The van der Waals surface area contributed by atoms with Crippen molar-refractivity contribution in [2.75, 3.05) is 26.8 Å². The second-order valence-electron chi connectivity index (χ2n) is 7.49. The van der Waals surface area contributed by atoms with Crippen molar-refractivity contribution in [2.45, 2.75) is 38.6 Å². The summed E-state index contributed by atoms with van der Waals surface area (Å²) >= 11 is 0. The molecule has 0 aliphatic carbocycles. The maximum atomic E-state index is 11.2. The maximum absolute atomic E-state index is 11.2. The minimum atomic E-state index is -0.554. The Labute approximate surface area is 185 Å². The Morgan fingerprint density at radius 2 is 1.84 bits per heavy atom. The van der Waals surface area contributed by atoms with Gasteiger partial charge in [0.2, 0.25) is 0 Å². The van der Waals surface area contributed by atoms with E-state index in [1.807, 2.05) is 24.3 Å². The molecule has 6 heteroatoms. The SMILES string of the molecule is CCCC(c1ccc(/C=C/C(=O)NO)cc1)N(CCCO)CCc1ccc(OC)cc1. The summed E-state index contributed by atoms with van der Waals surface area (Å²) in [6.45, 7) is 4.09. The van der Waals surface area contributed by atoms with E-state index in [1.54, 1.807) is 18.7 Å². The lowest BCUT2D eigenvalue weighted by molar-refractivity contribution is -0.124. The fraction of sp³-hybridized carbons (Fsp3) is 0.400. The lowest BCUT2D eigenvalue weighted by Gasteiger charge is -2.32. The highest BCUT2D eigenvalue weighted by atomic mass is 16.5. The van der Waals surface area contributed by atoms with Crippen molar-refractivity contribution >= 4 is 12.0 Å². The molecule has 0 aliphatic heterocycles. The molecule has 0 saturated carbocycles. The number of benzene rings is 2. The second-order valence-corrected chi connectivity index (χ2v) is 7.49. The van der Waals surface area contributed by atoms with Crippen molar-refractivity contribution in [1.82, 2.24) is 10.4 Å². The Bertz CT molecular complexity index is 803. The highest BCUT2D eigenvalue weighted by Crippen LogP contribution is 2.27. The molecule has 0 spiro atoms. The molecule has 2 aromatic rings. The molecule has 2 aromatic carbocycles. The molecule has 0 aliphatic rings. The van der Waals surface area contributed by atoms with Gasteiger partial charge in [-0.25, -0.2) is 5.48 Å². The molecule has 2 rings (SSSR count). The summed E-state index contributed by atoms with van der Waals surface area (Å²) in [5.74, 6) is 0.303. The third kappa shape index (κ3) is 8.17. The summed E-state index contributed by atoms with van der Waals surface area (Å²) in [4.78, 5) is 13.6. The molecule has 168 valence electrons. The summed E-state index contributed by atoms with van der Waals surface area (Å²) in [5, 5.41) is 18.0. The van der Waals surface area contributed by atoms with E-state index in [0.29, 0.717) is 0 Å². The van der Waals surface area contributed by atoms with Crippen molar-refractivity contribution < 1.29 is 19.8 Å². The molecular weight excluding hydrogens is 392 g/mol. The van der Waals surface area contributed by atoms with Gasteiger partial charge in [0.1, 0.15) is 5.75 Å². The Balaban J connectivity index is 2.14. The van der Waals surface area contributed by atoms with Crippen LogP contribution in [0.4, 0.5) is 0 Å². The molecule has 31 heavy (non-hydrogen) atoms. The number of hydroxylamine groups is 1. The van der Waals surface area contributed by atoms with Crippen LogP contribution in [0.5, 0.6) is 5.75 Å². The van der Waals surface area contributed by atoms with Crippen LogP contribution >= 0.6 is 0 Å². The molecule has 0 heterocycles. The average molecular weight is 427 g/mol. The Hall–Kier alpha value is -2.67. The van der Waals surface area contributed by atoms with E-state index in [0.717, 1.165) is 50.1 Å². The number of nitrogens with one attached hydrogen (secondary N) is 1. The van der Waals surface area contributed by atoms with Crippen LogP contribution in [-0.4, -0.2) is 47.9 Å². The lowest BCUT2D eigenvalue weighted by atomic mass is 9.98. The number of rotatable bonds is 13. The van der Waals surface area contributed by atoms with Gasteiger partial charge >= 0.3 is 0 Å². The van der Waals surface area contributed by atoms with Crippen LogP contribution in [0.15, 0.2) is 54.6 Å². The van der Waals surface area contributed by atoms with Crippen LogP contribution in [0.1, 0.15) is 48.9 Å². The first-order valence-electron chi connectivity index (χ1n) is 10.8. The first-order chi connectivity index (χ1) is 15.1. The van der Waals surface area contributed by atoms with E-state index < -0.39 is 5.91 Å². The van der Waals surface area contributed by atoms with Crippen LogP contribution in [0.25, 0.3) is 6.08 Å². The summed E-state index contributed by atoms with van der Waals surface area (Å²) < 4.78 is 5.24. The smallest absolute Gasteiger partial charge is 0.267 e. The molecular formula is C25H34N2O4. The van der Waals surface area contributed by atoms with Gasteiger partial charge in [0.25, 0.3) is 5.91 Å². The lowest BCUT2D eigenvalue weighted by Crippen LogP contribution is -2.32. The largest absolute Gasteiger partial charge is 0.497 e. The van der Waals surface area contributed by atoms with E-state index in [1.165, 1.54) is 17.2 Å². The Morgan fingerprint density at radius 1 is 1.13 bits per heavy atom. The number of ether oxygens (including phenoxy) is 1. The molecule has 0 aromatic heterocycles. The summed E-state index contributed by atoms with van der Waals surface area (Å²) in [6.07, 6.45) is 6.70. The standard InChI is InChI=1S/C25H34N2O4/c1-3-5-24(22-11-6-20(7-12-22)10-15-25(29)26-30)27(17-4-19-28)18-16-21-8-13-23(31-2)14-9-21/h6-15,24,28,30H,3-5,16-19H2,1-2H3,(H,26,29)/b15-10+.